The molecule has 0 spiro atoms. The minimum Gasteiger partial charge on any atom is -0.481 e. The van der Waals surface area contributed by atoms with Gasteiger partial charge in [-0.15, -0.1) is 0 Å². The van der Waals surface area contributed by atoms with Crippen molar-refractivity contribution < 1.29 is 19.0 Å². The minimum absolute atomic E-state index is 0.175. The number of rotatable bonds is 6. The van der Waals surface area contributed by atoms with Gasteiger partial charge < -0.3 is 19.7 Å². The molecule has 0 atom stereocenters. The molecule has 0 radical (unpaired) electrons. The van der Waals surface area contributed by atoms with Gasteiger partial charge in [0.2, 0.25) is 0 Å². The Morgan fingerprint density at radius 2 is 1.74 bits per heavy atom. The standard InChI is InChI=1S/C26H25FN4O3/c1-26(2,24(32)33)17-7-11-19(12-8-17)34-25-28-21-15-20(27)22(29-23(21)30-25)16-5-9-18(10-6-16)31-13-3-4-14-31/h5-12,15H,3-4,13-14H2,1-2H3,(H,32,33)(H,28,29,30). The number of hydrogen-bond acceptors (Lipinski definition) is 5. The molecule has 1 aliphatic rings. The van der Waals surface area contributed by atoms with E-state index in [0.29, 0.717) is 28.0 Å². The van der Waals surface area contributed by atoms with E-state index in [1.807, 2.05) is 24.3 Å². The summed E-state index contributed by atoms with van der Waals surface area (Å²) in [6.45, 7) is 5.38. The van der Waals surface area contributed by atoms with E-state index in [2.05, 4.69) is 19.9 Å². The van der Waals surface area contributed by atoms with Gasteiger partial charge in [0, 0.05) is 30.4 Å². The van der Waals surface area contributed by atoms with Crippen LogP contribution in [0, 0.1) is 5.82 Å². The van der Waals surface area contributed by atoms with Gasteiger partial charge >= 0.3 is 12.0 Å². The fraction of sp³-hybridized carbons (Fsp3) is 0.269. The molecular weight excluding hydrogens is 435 g/mol. The Balaban J connectivity index is 1.37. The Bertz CT molecular complexity index is 1340. The van der Waals surface area contributed by atoms with Crippen molar-refractivity contribution in [2.75, 3.05) is 18.0 Å². The number of anilines is 1. The summed E-state index contributed by atoms with van der Waals surface area (Å²) in [5.41, 5.74) is 2.47. The average Bonchev–Trinajstić information content (AvgIpc) is 3.49. The molecule has 5 rings (SSSR count). The highest BCUT2D eigenvalue weighted by atomic mass is 19.1. The molecule has 2 aromatic carbocycles. The van der Waals surface area contributed by atoms with Crippen molar-refractivity contribution in [3.8, 4) is 23.0 Å². The maximum absolute atomic E-state index is 14.9. The lowest BCUT2D eigenvalue weighted by Gasteiger charge is -2.19. The topological polar surface area (TPSA) is 91.3 Å². The fourth-order valence-electron chi connectivity index (χ4n) is 4.13. The third-order valence-electron chi connectivity index (χ3n) is 6.34. The molecule has 0 unspecified atom stereocenters. The van der Waals surface area contributed by atoms with Gasteiger partial charge in [0.05, 0.1) is 10.9 Å². The summed E-state index contributed by atoms with van der Waals surface area (Å²) in [5, 5.41) is 9.38. The van der Waals surface area contributed by atoms with Crippen molar-refractivity contribution in [1.82, 2.24) is 15.0 Å². The van der Waals surface area contributed by atoms with Crippen LogP contribution in [0.25, 0.3) is 22.4 Å². The van der Waals surface area contributed by atoms with E-state index in [9.17, 15) is 14.3 Å². The second kappa shape index (κ2) is 8.44. The van der Waals surface area contributed by atoms with Gasteiger partial charge in [0.1, 0.15) is 11.4 Å². The molecule has 7 nitrogen and oxygen atoms in total. The Hall–Kier alpha value is -3.94. The number of benzene rings is 2. The van der Waals surface area contributed by atoms with Crippen LogP contribution in [-0.4, -0.2) is 39.1 Å². The van der Waals surface area contributed by atoms with E-state index in [4.69, 9.17) is 4.74 Å². The molecule has 1 aliphatic heterocycles. The van der Waals surface area contributed by atoms with E-state index in [0.717, 1.165) is 18.8 Å². The number of nitrogens with zero attached hydrogens (tertiary/aromatic N) is 3. The number of nitrogens with one attached hydrogen (secondary N) is 1. The molecule has 0 amide bonds. The van der Waals surface area contributed by atoms with Crippen LogP contribution in [0.4, 0.5) is 10.1 Å². The van der Waals surface area contributed by atoms with Crippen LogP contribution in [0.2, 0.25) is 0 Å². The first kappa shape index (κ1) is 21.9. The highest BCUT2D eigenvalue weighted by Gasteiger charge is 2.29. The molecule has 8 heteroatoms. The number of aromatic nitrogens is 3. The number of imidazole rings is 1. The zero-order valence-corrected chi connectivity index (χ0v) is 19.0. The predicted octanol–water partition coefficient (Wildman–Crippen LogP) is 5.52. The number of carbonyl (C=O) groups is 1. The number of ether oxygens (including phenoxy) is 1. The number of hydrogen-bond donors (Lipinski definition) is 2. The zero-order valence-electron chi connectivity index (χ0n) is 19.0. The second-order valence-electron chi connectivity index (χ2n) is 9.03. The average molecular weight is 461 g/mol. The van der Waals surface area contributed by atoms with Gasteiger partial charge in [-0.1, -0.05) is 24.3 Å². The Morgan fingerprint density at radius 1 is 1.06 bits per heavy atom. The van der Waals surface area contributed by atoms with Crippen LogP contribution in [0.15, 0.2) is 54.6 Å². The number of pyridine rings is 1. The smallest absolute Gasteiger partial charge is 0.313 e. The molecule has 2 N–H and O–H groups in total. The molecule has 2 aromatic heterocycles. The number of halogens is 1. The maximum Gasteiger partial charge on any atom is 0.313 e. The van der Waals surface area contributed by atoms with Crippen LogP contribution < -0.4 is 9.64 Å². The summed E-state index contributed by atoms with van der Waals surface area (Å²) in [6, 6.07) is 16.1. The monoisotopic (exact) mass is 460 g/mol. The van der Waals surface area contributed by atoms with Gasteiger partial charge in [-0.3, -0.25) is 4.79 Å². The first-order chi connectivity index (χ1) is 16.3. The van der Waals surface area contributed by atoms with Crippen LogP contribution in [0.1, 0.15) is 32.3 Å². The Kier molecular flexibility index (Phi) is 5.43. The summed E-state index contributed by atoms with van der Waals surface area (Å²) in [5.74, 6) is -0.882. The molecule has 0 aliphatic carbocycles. The molecule has 1 fully saturated rings. The third-order valence-corrected chi connectivity index (χ3v) is 6.34. The number of aromatic amines is 1. The normalized spacial score (nSPS) is 14.0. The number of carboxylic acids is 1. The van der Waals surface area contributed by atoms with E-state index in [-0.39, 0.29) is 11.7 Å². The molecule has 0 bridgehead atoms. The molecule has 0 saturated carbocycles. The van der Waals surface area contributed by atoms with E-state index >= 15 is 0 Å². The summed E-state index contributed by atoms with van der Waals surface area (Å²) < 4.78 is 20.6. The van der Waals surface area contributed by atoms with Gasteiger partial charge in [0.25, 0.3) is 0 Å². The summed E-state index contributed by atoms with van der Waals surface area (Å²) in [6.07, 6.45) is 2.39. The summed E-state index contributed by atoms with van der Waals surface area (Å²) in [7, 11) is 0. The molecule has 1 saturated heterocycles. The SMILES string of the molecule is CC(C)(C(=O)O)c1ccc(Oc2nc3nc(-c4ccc(N5CCCC5)cc4)c(F)cc3[nH]2)cc1. The highest BCUT2D eigenvalue weighted by Crippen LogP contribution is 2.30. The van der Waals surface area contributed by atoms with Gasteiger partial charge in [-0.25, -0.2) is 9.37 Å². The molecule has 34 heavy (non-hydrogen) atoms. The number of fused-ring (bicyclic) bond motifs is 1. The van der Waals surface area contributed by atoms with Crippen molar-refractivity contribution in [1.29, 1.82) is 0 Å². The van der Waals surface area contributed by atoms with Crippen molar-refractivity contribution in [3.05, 3.63) is 66.0 Å². The maximum atomic E-state index is 14.9. The highest BCUT2D eigenvalue weighted by molar-refractivity contribution is 5.80. The first-order valence-electron chi connectivity index (χ1n) is 11.2. The predicted molar refractivity (Wildman–Crippen MR) is 128 cm³/mol. The molecule has 3 heterocycles. The zero-order chi connectivity index (χ0) is 23.9. The van der Waals surface area contributed by atoms with Crippen molar-refractivity contribution in [3.63, 3.8) is 0 Å². The van der Waals surface area contributed by atoms with Crippen LogP contribution in [0.3, 0.4) is 0 Å². The van der Waals surface area contributed by atoms with Gasteiger partial charge in [-0.05, 0) is 56.5 Å². The third kappa shape index (κ3) is 4.07. The second-order valence-corrected chi connectivity index (χ2v) is 9.03. The number of aliphatic carboxylic acids is 1. The molecule has 4 aromatic rings. The lowest BCUT2D eigenvalue weighted by molar-refractivity contribution is -0.142. The summed E-state index contributed by atoms with van der Waals surface area (Å²) >= 11 is 0. The quantitative estimate of drug-likeness (QED) is 0.394. The van der Waals surface area contributed by atoms with Crippen molar-refractivity contribution in [2.45, 2.75) is 32.1 Å². The first-order valence-corrected chi connectivity index (χ1v) is 11.2. The fourth-order valence-corrected chi connectivity index (χ4v) is 4.13. The lowest BCUT2D eigenvalue weighted by Crippen LogP contribution is -2.28. The van der Waals surface area contributed by atoms with E-state index in [1.165, 1.54) is 18.9 Å². The molecule has 174 valence electrons. The lowest BCUT2D eigenvalue weighted by atomic mass is 9.85. The van der Waals surface area contributed by atoms with E-state index < -0.39 is 17.2 Å². The number of H-pyrrole nitrogens is 1. The van der Waals surface area contributed by atoms with Crippen molar-refractivity contribution >= 4 is 22.8 Å². The van der Waals surface area contributed by atoms with Gasteiger partial charge in [-0.2, -0.15) is 4.98 Å². The van der Waals surface area contributed by atoms with Crippen molar-refractivity contribution in [2.24, 2.45) is 0 Å². The van der Waals surface area contributed by atoms with Crippen LogP contribution in [-0.2, 0) is 10.2 Å². The summed E-state index contributed by atoms with van der Waals surface area (Å²) in [4.78, 5) is 25.5. The van der Waals surface area contributed by atoms with Gasteiger partial charge in [0.15, 0.2) is 11.5 Å². The minimum atomic E-state index is -1.01. The Morgan fingerprint density at radius 3 is 2.38 bits per heavy atom. The van der Waals surface area contributed by atoms with E-state index in [1.54, 1.807) is 38.1 Å². The Labute approximate surface area is 196 Å². The largest absolute Gasteiger partial charge is 0.481 e. The van der Waals surface area contributed by atoms with Crippen LogP contribution in [0.5, 0.6) is 11.8 Å². The van der Waals surface area contributed by atoms with Crippen LogP contribution >= 0.6 is 0 Å². The molecular formula is C26H25FN4O3. The number of carboxylic acid groups (broad SMARTS) is 1.